The summed E-state index contributed by atoms with van der Waals surface area (Å²) < 4.78 is 0. The van der Waals surface area contributed by atoms with Crippen molar-refractivity contribution < 1.29 is 0 Å². The molecule has 0 amide bonds. The number of hydrogen-bond donors (Lipinski definition) is 2. The van der Waals surface area contributed by atoms with Crippen molar-refractivity contribution in [1.29, 1.82) is 0 Å². The second kappa shape index (κ2) is 7.29. The van der Waals surface area contributed by atoms with Gasteiger partial charge in [-0.15, -0.1) is 0 Å². The number of nitrogens with two attached hydrogens (primary N) is 1. The van der Waals surface area contributed by atoms with Crippen LogP contribution in [-0.4, -0.2) is 21.5 Å². The van der Waals surface area contributed by atoms with Crippen molar-refractivity contribution in [2.24, 2.45) is 5.73 Å². The number of aromatic amines is 1. The van der Waals surface area contributed by atoms with E-state index in [4.69, 9.17) is 17.3 Å². The van der Waals surface area contributed by atoms with Gasteiger partial charge in [0.1, 0.15) is 6.33 Å². The van der Waals surface area contributed by atoms with Gasteiger partial charge in [0.15, 0.2) is 0 Å². The molecule has 0 bridgehead atoms. The van der Waals surface area contributed by atoms with Crippen LogP contribution < -0.4 is 5.73 Å². The maximum atomic E-state index is 6.16. The van der Waals surface area contributed by atoms with Crippen molar-refractivity contribution in [3.63, 3.8) is 0 Å². The average molecular weight is 403 g/mol. The number of aromatic nitrogens is 3. The first-order chi connectivity index (χ1) is 14.2. The molecule has 2 atom stereocenters. The van der Waals surface area contributed by atoms with Crippen molar-refractivity contribution in [3.05, 3.63) is 82.4 Å². The molecule has 146 valence electrons. The number of aryl methyl sites for hydroxylation is 1. The molecule has 4 nitrogen and oxygen atoms in total. The Bertz CT molecular complexity index is 1180. The molecule has 2 heterocycles. The van der Waals surface area contributed by atoms with Crippen molar-refractivity contribution in [3.8, 4) is 11.3 Å². The van der Waals surface area contributed by atoms with Gasteiger partial charge in [-0.1, -0.05) is 42.8 Å². The maximum absolute atomic E-state index is 6.16. The Morgan fingerprint density at radius 3 is 2.79 bits per heavy atom. The van der Waals surface area contributed by atoms with Gasteiger partial charge in [0.25, 0.3) is 0 Å². The second-order valence-corrected chi connectivity index (χ2v) is 8.30. The van der Waals surface area contributed by atoms with Gasteiger partial charge in [0.2, 0.25) is 0 Å². The van der Waals surface area contributed by atoms with Crippen LogP contribution in [0, 0.1) is 0 Å². The lowest BCUT2D eigenvalue weighted by Crippen LogP contribution is -2.13. The Hall–Kier alpha value is -2.69. The predicted octanol–water partition coefficient (Wildman–Crippen LogP) is 5.42. The molecule has 2 unspecified atom stereocenters. The molecule has 0 fully saturated rings. The number of fused-ring (bicyclic) bond motifs is 2. The van der Waals surface area contributed by atoms with Gasteiger partial charge in [0.05, 0.1) is 5.69 Å². The summed E-state index contributed by atoms with van der Waals surface area (Å²) in [6.45, 7) is 2.80. The first-order valence-corrected chi connectivity index (χ1v) is 10.4. The van der Waals surface area contributed by atoms with E-state index >= 15 is 0 Å². The van der Waals surface area contributed by atoms with Crippen LogP contribution in [0.1, 0.15) is 47.6 Å². The van der Waals surface area contributed by atoms with Crippen LogP contribution in [-0.2, 0) is 6.42 Å². The largest absolute Gasteiger partial charge is 0.361 e. The van der Waals surface area contributed by atoms with Gasteiger partial charge < -0.3 is 10.7 Å². The minimum atomic E-state index is 0.121. The standard InChI is InChI=1S/C24H23ClN4/c1-14-2-9-21-23(14)24(29-13-28-21)16-5-8-18-20(12-27-22(18)10-16)19(11-26)15-3-6-17(25)7-4-15/h3-8,10,12-14,19,27H,2,9,11,26H2,1H3. The van der Waals surface area contributed by atoms with E-state index in [2.05, 4.69) is 58.4 Å². The molecule has 2 aromatic heterocycles. The minimum absolute atomic E-state index is 0.121. The normalized spacial score (nSPS) is 16.9. The minimum Gasteiger partial charge on any atom is -0.361 e. The third-order valence-electron chi connectivity index (χ3n) is 6.14. The summed E-state index contributed by atoms with van der Waals surface area (Å²) in [5, 5.41) is 1.93. The number of nitrogens with one attached hydrogen (secondary N) is 1. The van der Waals surface area contributed by atoms with Gasteiger partial charge >= 0.3 is 0 Å². The highest BCUT2D eigenvalue weighted by Crippen LogP contribution is 2.39. The Labute approximate surface area is 175 Å². The molecule has 0 saturated carbocycles. The Kier molecular flexibility index (Phi) is 4.61. The molecule has 2 aromatic carbocycles. The highest BCUT2D eigenvalue weighted by Gasteiger charge is 2.25. The van der Waals surface area contributed by atoms with Crippen molar-refractivity contribution in [1.82, 2.24) is 15.0 Å². The third-order valence-corrected chi connectivity index (χ3v) is 6.40. The number of rotatable bonds is 4. The van der Waals surface area contributed by atoms with Crippen LogP contribution in [0.4, 0.5) is 0 Å². The van der Waals surface area contributed by atoms with Gasteiger partial charge in [-0.3, -0.25) is 0 Å². The molecule has 1 aliphatic carbocycles. The van der Waals surface area contributed by atoms with Gasteiger partial charge in [0, 0.05) is 51.4 Å². The Balaban J connectivity index is 1.58. The summed E-state index contributed by atoms with van der Waals surface area (Å²) in [7, 11) is 0. The lowest BCUT2D eigenvalue weighted by molar-refractivity contribution is 0.746. The fourth-order valence-corrected chi connectivity index (χ4v) is 4.72. The van der Waals surface area contributed by atoms with E-state index in [1.165, 1.54) is 27.8 Å². The van der Waals surface area contributed by atoms with Crippen LogP contribution in [0.5, 0.6) is 0 Å². The lowest BCUT2D eigenvalue weighted by Gasteiger charge is -2.15. The zero-order valence-electron chi connectivity index (χ0n) is 16.3. The predicted molar refractivity (Wildman–Crippen MR) is 118 cm³/mol. The van der Waals surface area contributed by atoms with Crippen molar-refractivity contribution in [2.45, 2.75) is 31.6 Å². The van der Waals surface area contributed by atoms with E-state index < -0.39 is 0 Å². The van der Waals surface area contributed by atoms with E-state index in [-0.39, 0.29) is 5.92 Å². The number of halogens is 1. The smallest absolute Gasteiger partial charge is 0.116 e. The summed E-state index contributed by atoms with van der Waals surface area (Å²) in [6, 6.07) is 14.5. The molecule has 1 aliphatic rings. The highest BCUT2D eigenvalue weighted by atomic mass is 35.5. The zero-order valence-corrected chi connectivity index (χ0v) is 17.1. The number of benzene rings is 2. The number of hydrogen-bond acceptors (Lipinski definition) is 3. The van der Waals surface area contributed by atoms with Gasteiger partial charge in [-0.05, 0) is 48.1 Å². The summed E-state index contributed by atoms with van der Waals surface area (Å²) in [4.78, 5) is 12.6. The van der Waals surface area contributed by atoms with Crippen LogP contribution in [0.15, 0.2) is 55.0 Å². The molecular formula is C24H23ClN4. The molecular weight excluding hydrogens is 380 g/mol. The first-order valence-electron chi connectivity index (χ1n) is 10.1. The summed E-state index contributed by atoms with van der Waals surface area (Å²) in [6.07, 6.45) is 5.96. The highest BCUT2D eigenvalue weighted by molar-refractivity contribution is 6.30. The zero-order chi connectivity index (χ0) is 20.0. The summed E-state index contributed by atoms with van der Waals surface area (Å²) >= 11 is 6.06. The van der Waals surface area contributed by atoms with Crippen LogP contribution in [0.25, 0.3) is 22.2 Å². The van der Waals surface area contributed by atoms with Gasteiger partial charge in [-0.2, -0.15) is 0 Å². The molecule has 3 N–H and O–H groups in total. The fraction of sp³-hybridized carbons (Fsp3) is 0.250. The number of nitrogens with zero attached hydrogens (tertiary/aromatic N) is 2. The molecule has 0 radical (unpaired) electrons. The van der Waals surface area contributed by atoms with E-state index in [1.807, 2.05) is 12.1 Å². The first kappa shape index (κ1) is 18.3. The monoisotopic (exact) mass is 402 g/mol. The SMILES string of the molecule is CC1CCc2ncnc(-c3ccc4c(C(CN)c5ccc(Cl)cc5)c[nH]c4c3)c21. The van der Waals surface area contributed by atoms with Crippen LogP contribution in [0.2, 0.25) is 5.02 Å². The van der Waals surface area contributed by atoms with Crippen molar-refractivity contribution in [2.75, 3.05) is 6.54 Å². The average Bonchev–Trinajstić information content (AvgIpc) is 3.34. The van der Waals surface area contributed by atoms with E-state index in [0.29, 0.717) is 12.5 Å². The van der Waals surface area contributed by atoms with Gasteiger partial charge in [-0.25, -0.2) is 9.97 Å². The quantitative estimate of drug-likeness (QED) is 0.479. The Morgan fingerprint density at radius 1 is 1.17 bits per heavy atom. The summed E-state index contributed by atoms with van der Waals surface area (Å²) in [5.74, 6) is 0.623. The molecule has 0 saturated heterocycles. The molecule has 5 rings (SSSR count). The van der Waals surface area contributed by atoms with E-state index in [0.717, 1.165) is 34.6 Å². The maximum Gasteiger partial charge on any atom is 0.116 e. The lowest BCUT2D eigenvalue weighted by atomic mass is 9.90. The molecule has 0 aliphatic heterocycles. The van der Waals surface area contributed by atoms with Crippen LogP contribution >= 0.6 is 11.6 Å². The number of H-pyrrole nitrogens is 1. The molecule has 5 heteroatoms. The second-order valence-electron chi connectivity index (χ2n) is 7.87. The molecule has 0 spiro atoms. The van der Waals surface area contributed by atoms with Crippen molar-refractivity contribution >= 4 is 22.5 Å². The van der Waals surface area contributed by atoms with E-state index in [9.17, 15) is 0 Å². The molecule has 29 heavy (non-hydrogen) atoms. The summed E-state index contributed by atoms with van der Waals surface area (Å²) in [5.41, 5.74) is 14.3. The van der Waals surface area contributed by atoms with E-state index in [1.54, 1.807) is 6.33 Å². The Morgan fingerprint density at radius 2 is 2.00 bits per heavy atom. The topological polar surface area (TPSA) is 67.6 Å². The third kappa shape index (κ3) is 3.13. The van der Waals surface area contributed by atoms with Crippen LogP contribution in [0.3, 0.4) is 0 Å². The molecule has 4 aromatic rings. The fourth-order valence-electron chi connectivity index (χ4n) is 4.60.